The van der Waals surface area contributed by atoms with Crippen LogP contribution in [0.1, 0.15) is 29.3 Å². The normalized spacial score (nSPS) is 17.8. The van der Waals surface area contributed by atoms with Crippen LogP contribution in [0.2, 0.25) is 0 Å². The summed E-state index contributed by atoms with van der Waals surface area (Å²) in [6.45, 7) is 2.02. The van der Waals surface area contributed by atoms with E-state index in [1.54, 1.807) is 29.8 Å². The number of nitrogens with zero attached hydrogens (tertiary/aromatic N) is 3. The molecule has 2 atom stereocenters. The standard InChI is InChI=1S/C25H20FN3O4/c1-15-10-22(25(31)32-15)33-24(30)19-12-21(17-7-3-2-4-8-17)28-23-20(19)13-27-29(23)14-16-6-5-9-18(26)11-16/h2-9,11-13,15,22H,10,14H2,1H3. The highest BCUT2D eigenvalue weighted by Crippen LogP contribution is 2.27. The molecule has 0 spiro atoms. The summed E-state index contributed by atoms with van der Waals surface area (Å²) in [5.74, 6) is -1.55. The molecule has 2 aromatic heterocycles. The first kappa shape index (κ1) is 20.8. The number of rotatable bonds is 5. The Bertz CT molecular complexity index is 1350. The molecule has 7 nitrogen and oxygen atoms in total. The molecule has 3 heterocycles. The van der Waals surface area contributed by atoms with Gasteiger partial charge < -0.3 is 9.47 Å². The lowest BCUT2D eigenvalue weighted by Crippen LogP contribution is -2.23. The number of carbonyl (C=O) groups is 2. The highest BCUT2D eigenvalue weighted by atomic mass is 19.1. The van der Waals surface area contributed by atoms with Gasteiger partial charge in [-0.15, -0.1) is 0 Å². The molecule has 8 heteroatoms. The minimum absolute atomic E-state index is 0.247. The van der Waals surface area contributed by atoms with Gasteiger partial charge in [0, 0.05) is 12.0 Å². The topological polar surface area (TPSA) is 83.3 Å². The van der Waals surface area contributed by atoms with Gasteiger partial charge in [0.15, 0.2) is 5.65 Å². The van der Waals surface area contributed by atoms with Gasteiger partial charge in [-0.2, -0.15) is 5.10 Å². The van der Waals surface area contributed by atoms with Crippen LogP contribution in [0.15, 0.2) is 66.9 Å². The average molecular weight is 445 g/mol. The van der Waals surface area contributed by atoms with Gasteiger partial charge in [-0.3, -0.25) is 0 Å². The second kappa shape index (κ2) is 8.46. The van der Waals surface area contributed by atoms with E-state index in [2.05, 4.69) is 5.10 Å². The number of ether oxygens (including phenoxy) is 2. The van der Waals surface area contributed by atoms with E-state index in [-0.39, 0.29) is 24.0 Å². The minimum Gasteiger partial charge on any atom is -0.460 e. The van der Waals surface area contributed by atoms with Gasteiger partial charge in [0.1, 0.15) is 11.9 Å². The molecule has 2 aromatic carbocycles. The molecule has 1 saturated heterocycles. The van der Waals surface area contributed by atoms with Crippen LogP contribution < -0.4 is 0 Å². The average Bonchev–Trinajstić information content (AvgIpc) is 3.35. The Kier molecular flexibility index (Phi) is 5.34. The lowest BCUT2D eigenvalue weighted by molar-refractivity contribution is -0.147. The Hall–Kier alpha value is -4.07. The van der Waals surface area contributed by atoms with Crippen LogP contribution in [0.3, 0.4) is 0 Å². The molecule has 5 rings (SSSR count). The second-order valence-corrected chi connectivity index (χ2v) is 7.97. The number of cyclic esters (lactones) is 1. The molecular weight excluding hydrogens is 425 g/mol. The Balaban J connectivity index is 1.58. The van der Waals surface area contributed by atoms with Crippen molar-refractivity contribution in [2.45, 2.75) is 32.1 Å². The van der Waals surface area contributed by atoms with Gasteiger partial charge in [0.05, 0.1) is 29.4 Å². The van der Waals surface area contributed by atoms with Gasteiger partial charge in [0.2, 0.25) is 6.10 Å². The van der Waals surface area contributed by atoms with Crippen molar-refractivity contribution in [3.63, 3.8) is 0 Å². The maximum absolute atomic E-state index is 13.7. The highest BCUT2D eigenvalue weighted by molar-refractivity contribution is 6.04. The zero-order chi connectivity index (χ0) is 22.9. The third-order valence-corrected chi connectivity index (χ3v) is 5.50. The van der Waals surface area contributed by atoms with Crippen molar-refractivity contribution in [2.75, 3.05) is 0 Å². The van der Waals surface area contributed by atoms with Crippen LogP contribution in [-0.2, 0) is 20.8 Å². The van der Waals surface area contributed by atoms with Crippen molar-refractivity contribution in [2.24, 2.45) is 0 Å². The summed E-state index contributed by atoms with van der Waals surface area (Å²) in [4.78, 5) is 29.8. The number of halogens is 1. The zero-order valence-electron chi connectivity index (χ0n) is 17.8. The van der Waals surface area contributed by atoms with Crippen molar-refractivity contribution in [3.8, 4) is 11.3 Å². The van der Waals surface area contributed by atoms with Crippen molar-refractivity contribution in [1.82, 2.24) is 14.8 Å². The molecule has 4 aromatic rings. The molecule has 0 aliphatic carbocycles. The summed E-state index contributed by atoms with van der Waals surface area (Å²) in [5.41, 5.74) is 2.77. The molecule has 0 radical (unpaired) electrons. The Morgan fingerprint density at radius 2 is 2.00 bits per heavy atom. The number of hydrogen-bond donors (Lipinski definition) is 0. The number of pyridine rings is 1. The Morgan fingerprint density at radius 1 is 1.18 bits per heavy atom. The third-order valence-electron chi connectivity index (χ3n) is 5.50. The smallest absolute Gasteiger partial charge is 0.347 e. The fourth-order valence-corrected chi connectivity index (χ4v) is 3.91. The maximum atomic E-state index is 13.7. The molecule has 1 fully saturated rings. The molecule has 1 aliphatic rings. The first-order chi connectivity index (χ1) is 16.0. The van der Waals surface area contributed by atoms with Crippen LogP contribution in [0.25, 0.3) is 22.3 Å². The summed E-state index contributed by atoms with van der Waals surface area (Å²) in [6.07, 6.45) is 0.589. The number of esters is 2. The number of fused-ring (bicyclic) bond motifs is 1. The van der Waals surface area contributed by atoms with Crippen molar-refractivity contribution in [3.05, 3.63) is 83.8 Å². The summed E-state index contributed by atoms with van der Waals surface area (Å²) in [7, 11) is 0. The zero-order valence-corrected chi connectivity index (χ0v) is 17.8. The molecule has 0 bridgehead atoms. The first-order valence-electron chi connectivity index (χ1n) is 10.6. The van der Waals surface area contributed by atoms with E-state index >= 15 is 0 Å². The minimum atomic E-state index is -0.946. The summed E-state index contributed by atoms with van der Waals surface area (Å²) < 4.78 is 25.9. The predicted octanol–water partition coefficient (Wildman–Crippen LogP) is 4.15. The van der Waals surface area contributed by atoms with E-state index in [0.29, 0.717) is 28.7 Å². The van der Waals surface area contributed by atoms with Crippen molar-refractivity contribution in [1.29, 1.82) is 0 Å². The van der Waals surface area contributed by atoms with E-state index < -0.39 is 18.0 Å². The van der Waals surface area contributed by atoms with Crippen LogP contribution in [0, 0.1) is 5.82 Å². The van der Waals surface area contributed by atoms with Gasteiger partial charge in [-0.05, 0) is 30.7 Å². The van der Waals surface area contributed by atoms with Crippen LogP contribution in [-0.4, -0.2) is 38.9 Å². The van der Waals surface area contributed by atoms with Gasteiger partial charge in [-0.1, -0.05) is 42.5 Å². The molecule has 0 amide bonds. The van der Waals surface area contributed by atoms with Gasteiger partial charge >= 0.3 is 11.9 Å². The molecule has 0 saturated carbocycles. The number of benzene rings is 2. The number of aromatic nitrogens is 3. The molecule has 1 aliphatic heterocycles. The fourth-order valence-electron chi connectivity index (χ4n) is 3.91. The first-order valence-corrected chi connectivity index (χ1v) is 10.6. The van der Waals surface area contributed by atoms with Crippen molar-refractivity contribution >= 4 is 23.0 Å². The van der Waals surface area contributed by atoms with Crippen LogP contribution in [0.4, 0.5) is 4.39 Å². The Morgan fingerprint density at radius 3 is 2.73 bits per heavy atom. The van der Waals surface area contributed by atoms with E-state index in [0.717, 1.165) is 5.56 Å². The predicted molar refractivity (Wildman–Crippen MR) is 118 cm³/mol. The van der Waals surface area contributed by atoms with Crippen molar-refractivity contribution < 1.29 is 23.5 Å². The van der Waals surface area contributed by atoms with E-state index in [4.69, 9.17) is 14.5 Å². The number of hydrogen-bond acceptors (Lipinski definition) is 6. The molecule has 2 unspecified atom stereocenters. The third kappa shape index (κ3) is 4.19. The molecule has 0 N–H and O–H groups in total. The van der Waals surface area contributed by atoms with E-state index in [1.807, 2.05) is 30.3 Å². The molecule has 166 valence electrons. The summed E-state index contributed by atoms with van der Waals surface area (Å²) in [5, 5.41) is 4.87. The summed E-state index contributed by atoms with van der Waals surface area (Å²) in [6, 6.07) is 17.3. The van der Waals surface area contributed by atoms with Crippen LogP contribution in [0.5, 0.6) is 0 Å². The second-order valence-electron chi connectivity index (χ2n) is 7.97. The fraction of sp³-hybridized carbons (Fsp3) is 0.200. The molecule has 33 heavy (non-hydrogen) atoms. The quantitative estimate of drug-likeness (QED) is 0.429. The van der Waals surface area contributed by atoms with Gasteiger partial charge in [-0.25, -0.2) is 23.6 Å². The number of carbonyl (C=O) groups excluding carboxylic acids is 2. The van der Waals surface area contributed by atoms with Crippen LogP contribution >= 0.6 is 0 Å². The maximum Gasteiger partial charge on any atom is 0.347 e. The van der Waals surface area contributed by atoms with E-state index in [1.165, 1.54) is 18.3 Å². The monoisotopic (exact) mass is 445 g/mol. The SMILES string of the molecule is CC1CC(OC(=O)c2cc(-c3ccccc3)nc3c2cnn3Cc2cccc(F)c2)C(=O)O1. The lowest BCUT2D eigenvalue weighted by Gasteiger charge is -2.11. The Labute approximate surface area is 188 Å². The lowest BCUT2D eigenvalue weighted by atomic mass is 10.1. The highest BCUT2D eigenvalue weighted by Gasteiger charge is 2.35. The molecular formula is C25H20FN3O4. The summed E-state index contributed by atoms with van der Waals surface area (Å²) >= 11 is 0. The van der Waals surface area contributed by atoms with Gasteiger partial charge in [0.25, 0.3) is 0 Å². The largest absolute Gasteiger partial charge is 0.460 e. The van der Waals surface area contributed by atoms with E-state index in [9.17, 15) is 14.0 Å².